The molecule has 0 aliphatic heterocycles. The van der Waals surface area contributed by atoms with E-state index in [1.165, 1.54) is 19.2 Å². The Morgan fingerprint density at radius 1 is 1.18 bits per heavy atom. The van der Waals surface area contributed by atoms with Crippen LogP contribution in [0.3, 0.4) is 0 Å². The first-order valence-electron chi connectivity index (χ1n) is 4.39. The van der Waals surface area contributed by atoms with Crippen LogP contribution in [-0.2, 0) is 4.74 Å². The van der Waals surface area contributed by atoms with E-state index in [1.54, 1.807) is 18.2 Å². The summed E-state index contributed by atoms with van der Waals surface area (Å²) in [5, 5.41) is 28.8. The SMILES string of the molecule is COC(=O)Nc1cc(C#N)c(C#N)c(C#N)c1. The molecule has 1 N–H and O–H groups in total. The van der Waals surface area contributed by atoms with Gasteiger partial charge in [-0.2, -0.15) is 15.8 Å². The van der Waals surface area contributed by atoms with E-state index in [4.69, 9.17) is 15.8 Å². The fourth-order valence-corrected chi connectivity index (χ4v) is 1.18. The van der Waals surface area contributed by atoms with Gasteiger partial charge in [-0.15, -0.1) is 0 Å². The number of carbonyl (C=O) groups excluding carboxylic acids is 1. The van der Waals surface area contributed by atoms with Crippen LogP contribution in [0, 0.1) is 34.0 Å². The molecule has 0 unspecified atom stereocenters. The Bertz CT molecular complexity index is 552. The first-order chi connectivity index (χ1) is 8.15. The van der Waals surface area contributed by atoms with Crippen LogP contribution in [0.4, 0.5) is 10.5 Å². The van der Waals surface area contributed by atoms with Crippen molar-refractivity contribution < 1.29 is 9.53 Å². The second-order valence-electron chi connectivity index (χ2n) is 2.90. The van der Waals surface area contributed by atoms with E-state index in [2.05, 4.69) is 10.1 Å². The Morgan fingerprint density at radius 3 is 2.06 bits per heavy atom. The predicted molar refractivity (Wildman–Crippen MR) is 56.6 cm³/mol. The van der Waals surface area contributed by atoms with Gasteiger partial charge < -0.3 is 4.74 Å². The molecular weight excluding hydrogens is 220 g/mol. The molecule has 0 aromatic heterocycles. The van der Waals surface area contributed by atoms with Crippen molar-refractivity contribution >= 4 is 11.8 Å². The molecule has 0 radical (unpaired) electrons. The summed E-state index contributed by atoms with van der Waals surface area (Å²) in [6, 6.07) is 7.95. The van der Waals surface area contributed by atoms with Crippen LogP contribution in [0.1, 0.15) is 16.7 Å². The Labute approximate surface area is 97.3 Å². The van der Waals surface area contributed by atoms with Gasteiger partial charge in [0.15, 0.2) is 0 Å². The van der Waals surface area contributed by atoms with Crippen molar-refractivity contribution in [2.45, 2.75) is 0 Å². The molecule has 0 saturated heterocycles. The number of nitrogens with zero attached hydrogens (tertiary/aromatic N) is 3. The molecule has 0 saturated carbocycles. The lowest BCUT2D eigenvalue weighted by molar-refractivity contribution is 0.187. The fourth-order valence-electron chi connectivity index (χ4n) is 1.18. The monoisotopic (exact) mass is 226 g/mol. The van der Waals surface area contributed by atoms with Gasteiger partial charge in [-0.05, 0) is 12.1 Å². The number of hydrogen-bond acceptors (Lipinski definition) is 5. The van der Waals surface area contributed by atoms with Gasteiger partial charge in [-0.3, -0.25) is 5.32 Å². The third-order valence-corrected chi connectivity index (χ3v) is 1.92. The minimum absolute atomic E-state index is 0.00887. The van der Waals surface area contributed by atoms with Gasteiger partial charge in [0.1, 0.15) is 18.2 Å². The van der Waals surface area contributed by atoms with E-state index in [9.17, 15) is 4.79 Å². The highest BCUT2D eigenvalue weighted by atomic mass is 16.5. The highest BCUT2D eigenvalue weighted by molar-refractivity contribution is 5.85. The minimum Gasteiger partial charge on any atom is -0.453 e. The van der Waals surface area contributed by atoms with Crippen LogP contribution in [-0.4, -0.2) is 13.2 Å². The van der Waals surface area contributed by atoms with Gasteiger partial charge in [-0.1, -0.05) is 0 Å². The average molecular weight is 226 g/mol. The molecular formula is C11H6N4O2. The number of methoxy groups -OCH3 is 1. The molecule has 0 spiro atoms. The lowest BCUT2D eigenvalue weighted by Gasteiger charge is -2.05. The van der Waals surface area contributed by atoms with Crippen LogP contribution >= 0.6 is 0 Å². The number of rotatable bonds is 1. The van der Waals surface area contributed by atoms with Gasteiger partial charge in [0.2, 0.25) is 0 Å². The first kappa shape index (κ1) is 12.0. The van der Waals surface area contributed by atoms with Gasteiger partial charge in [0.25, 0.3) is 0 Å². The molecule has 1 amide bonds. The van der Waals surface area contributed by atoms with E-state index in [0.29, 0.717) is 0 Å². The second-order valence-corrected chi connectivity index (χ2v) is 2.90. The number of ether oxygens (including phenoxy) is 1. The van der Waals surface area contributed by atoms with Crippen molar-refractivity contribution in [1.29, 1.82) is 15.8 Å². The van der Waals surface area contributed by atoms with E-state index < -0.39 is 6.09 Å². The van der Waals surface area contributed by atoms with E-state index in [0.717, 1.165) is 0 Å². The number of anilines is 1. The smallest absolute Gasteiger partial charge is 0.411 e. The minimum atomic E-state index is -0.720. The van der Waals surface area contributed by atoms with Crippen LogP contribution in [0.25, 0.3) is 0 Å². The Kier molecular flexibility index (Phi) is 3.65. The van der Waals surface area contributed by atoms with Crippen LogP contribution in [0.15, 0.2) is 12.1 Å². The average Bonchev–Trinajstić information content (AvgIpc) is 2.37. The third-order valence-electron chi connectivity index (χ3n) is 1.92. The molecule has 0 aliphatic carbocycles. The Hall–Kier alpha value is -3.04. The molecule has 6 nitrogen and oxygen atoms in total. The molecule has 1 aromatic rings. The summed E-state index contributed by atoms with van der Waals surface area (Å²) in [5.74, 6) is 0. The Balaban J connectivity index is 3.31. The molecule has 0 fully saturated rings. The van der Waals surface area contributed by atoms with Crippen molar-refractivity contribution in [3.05, 3.63) is 28.8 Å². The Morgan fingerprint density at radius 2 is 1.71 bits per heavy atom. The maximum absolute atomic E-state index is 11.0. The molecule has 0 aliphatic rings. The van der Waals surface area contributed by atoms with Crippen LogP contribution in [0.2, 0.25) is 0 Å². The first-order valence-corrected chi connectivity index (χ1v) is 4.39. The molecule has 0 bridgehead atoms. The summed E-state index contributed by atoms with van der Waals surface area (Å²) < 4.78 is 4.38. The van der Waals surface area contributed by atoms with Crippen molar-refractivity contribution in [3.63, 3.8) is 0 Å². The van der Waals surface area contributed by atoms with E-state index in [1.807, 2.05) is 0 Å². The normalized spacial score (nSPS) is 8.35. The number of nitriles is 3. The van der Waals surface area contributed by atoms with Gasteiger partial charge in [0, 0.05) is 5.69 Å². The maximum Gasteiger partial charge on any atom is 0.411 e. The second kappa shape index (κ2) is 5.16. The lowest BCUT2D eigenvalue weighted by Crippen LogP contribution is -2.11. The van der Waals surface area contributed by atoms with Crippen LogP contribution in [0.5, 0.6) is 0 Å². The van der Waals surface area contributed by atoms with Gasteiger partial charge in [-0.25, -0.2) is 4.79 Å². The van der Waals surface area contributed by atoms with Crippen molar-refractivity contribution in [2.75, 3.05) is 12.4 Å². The summed E-state index contributed by atoms with van der Waals surface area (Å²) in [6.07, 6.45) is -0.720. The molecule has 0 heterocycles. The topological polar surface area (TPSA) is 110 Å². The summed E-state index contributed by atoms with van der Waals surface area (Å²) in [7, 11) is 1.19. The molecule has 82 valence electrons. The zero-order valence-electron chi connectivity index (χ0n) is 8.81. The maximum atomic E-state index is 11.0. The molecule has 17 heavy (non-hydrogen) atoms. The van der Waals surface area contributed by atoms with Crippen molar-refractivity contribution in [1.82, 2.24) is 0 Å². The largest absolute Gasteiger partial charge is 0.453 e. The zero-order chi connectivity index (χ0) is 12.8. The molecule has 1 rings (SSSR count). The number of amides is 1. The highest BCUT2D eigenvalue weighted by Gasteiger charge is 2.11. The molecule has 1 aromatic carbocycles. The summed E-state index contributed by atoms with van der Waals surface area (Å²) in [6.45, 7) is 0. The van der Waals surface area contributed by atoms with Gasteiger partial charge >= 0.3 is 6.09 Å². The number of benzene rings is 1. The standard InChI is InChI=1S/C11H6N4O2/c1-17-11(16)15-9-2-7(4-12)10(6-14)8(3-9)5-13/h2-3H,1H3,(H,15,16). The number of carbonyl (C=O) groups is 1. The summed E-state index contributed by atoms with van der Waals surface area (Å²) in [5.41, 5.74) is 0.269. The number of hydrogen-bond donors (Lipinski definition) is 1. The van der Waals surface area contributed by atoms with Crippen molar-refractivity contribution in [2.24, 2.45) is 0 Å². The third kappa shape index (κ3) is 2.50. The lowest BCUT2D eigenvalue weighted by atomic mass is 10.0. The van der Waals surface area contributed by atoms with Gasteiger partial charge in [0.05, 0.1) is 23.8 Å². The molecule has 0 atom stereocenters. The summed E-state index contributed by atoms with van der Waals surface area (Å²) >= 11 is 0. The summed E-state index contributed by atoms with van der Waals surface area (Å²) in [4.78, 5) is 11.0. The zero-order valence-corrected chi connectivity index (χ0v) is 8.81. The van der Waals surface area contributed by atoms with Crippen molar-refractivity contribution in [3.8, 4) is 18.2 Å². The quantitative estimate of drug-likeness (QED) is 0.779. The van der Waals surface area contributed by atoms with E-state index in [-0.39, 0.29) is 22.4 Å². The number of nitrogens with one attached hydrogen (secondary N) is 1. The highest BCUT2D eigenvalue weighted by Crippen LogP contribution is 2.19. The van der Waals surface area contributed by atoms with Crippen LogP contribution < -0.4 is 5.32 Å². The van der Waals surface area contributed by atoms with E-state index >= 15 is 0 Å². The predicted octanol–water partition coefficient (Wildman–Crippen LogP) is 1.48. The fraction of sp³-hybridized carbons (Fsp3) is 0.0909. The molecule has 6 heteroatoms.